The van der Waals surface area contributed by atoms with Crippen molar-refractivity contribution < 1.29 is 23.4 Å². The number of carbonyl (C=O) groups is 1. The Morgan fingerprint density at radius 2 is 1.85 bits per heavy atom. The summed E-state index contributed by atoms with van der Waals surface area (Å²) in [5.74, 6) is 1.71. The quantitative estimate of drug-likeness (QED) is 0.333. The third kappa shape index (κ3) is 4.22. The molecule has 0 bridgehead atoms. The molecule has 2 heterocycles. The van der Waals surface area contributed by atoms with E-state index in [-0.39, 0.29) is 12.7 Å². The van der Waals surface area contributed by atoms with Crippen LogP contribution in [-0.4, -0.2) is 19.3 Å². The number of benzene rings is 3. The zero-order valence-corrected chi connectivity index (χ0v) is 19.3. The first-order chi connectivity index (χ1) is 16.5. The molecular weight excluding hydrogens is 430 g/mol. The van der Waals surface area contributed by atoms with Gasteiger partial charge in [0.1, 0.15) is 11.3 Å². The molecule has 0 spiro atoms. The highest BCUT2D eigenvalue weighted by atomic mass is 16.7. The molecule has 1 aliphatic heterocycles. The number of ether oxygens (including phenoxy) is 3. The van der Waals surface area contributed by atoms with Gasteiger partial charge in [-0.3, -0.25) is 4.79 Å². The molecule has 0 aliphatic carbocycles. The van der Waals surface area contributed by atoms with Crippen LogP contribution < -0.4 is 19.5 Å². The van der Waals surface area contributed by atoms with E-state index in [9.17, 15) is 4.79 Å². The average molecular weight is 456 g/mol. The SMILES string of the molecule is CCOc1cc2occ(-c3ccc(C)cc3)c2cc1/C(C)=C/C(=O)Nc1ccc2c(c1)OCO2. The summed E-state index contributed by atoms with van der Waals surface area (Å²) in [6.07, 6.45) is 3.33. The molecule has 0 unspecified atom stereocenters. The maximum absolute atomic E-state index is 12.8. The minimum atomic E-state index is -0.245. The molecule has 3 aromatic carbocycles. The predicted molar refractivity (Wildman–Crippen MR) is 132 cm³/mol. The number of fused-ring (bicyclic) bond motifs is 2. The van der Waals surface area contributed by atoms with Gasteiger partial charge in [-0.15, -0.1) is 0 Å². The second-order valence-electron chi connectivity index (χ2n) is 8.18. The van der Waals surface area contributed by atoms with Crippen molar-refractivity contribution in [2.75, 3.05) is 18.7 Å². The number of anilines is 1. The van der Waals surface area contributed by atoms with Crippen LogP contribution in [0.3, 0.4) is 0 Å². The third-order valence-electron chi connectivity index (χ3n) is 5.75. The van der Waals surface area contributed by atoms with Crippen molar-refractivity contribution in [3.63, 3.8) is 0 Å². The first-order valence-corrected chi connectivity index (χ1v) is 11.2. The summed E-state index contributed by atoms with van der Waals surface area (Å²) in [7, 11) is 0. The Morgan fingerprint density at radius 1 is 1.06 bits per heavy atom. The molecule has 0 saturated heterocycles. The number of carbonyl (C=O) groups excluding carboxylic acids is 1. The van der Waals surface area contributed by atoms with Gasteiger partial charge in [0.15, 0.2) is 11.5 Å². The van der Waals surface area contributed by atoms with Crippen molar-refractivity contribution >= 4 is 28.1 Å². The second-order valence-corrected chi connectivity index (χ2v) is 8.18. The molecule has 1 aromatic heterocycles. The van der Waals surface area contributed by atoms with E-state index in [1.807, 2.05) is 26.0 Å². The van der Waals surface area contributed by atoms with Gasteiger partial charge in [-0.25, -0.2) is 0 Å². The standard InChI is InChI=1S/C28H25NO5/c1-4-31-25-14-26-22(23(15-32-26)19-7-5-17(2)6-8-19)13-21(25)18(3)11-28(30)29-20-9-10-24-27(12-20)34-16-33-24/h5-15H,4,16H2,1-3H3,(H,29,30)/b18-11+. The van der Waals surface area contributed by atoms with Crippen molar-refractivity contribution in [1.29, 1.82) is 0 Å². The molecule has 1 aliphatic rings. The van der Waals surface area contributed by atoms with E-state index in [2.05, 4.69) is 36.5 Å². The van der Waals surface area contributed by atoms with Gasteiger partial charge in [0.2, 0.25) is 12.7 Å². The van der Waals surface area contributed by atoms with Crippen molar-refractivity contribution in [2.45, 2.75) is 20.8 Å². The van der Waals surface area contributed by atoms with Gasteiger partial charge in [0.05, 0.1) is 12.9 Å². The molecule has 1 amide bonds. The minimum absolute atomic E-state index is 0.188. The predicted octanol–water partition coefficient (Wildman–Crippen LogP) is 6.58. The number of amides is 1. The zero-order chi connectivity index (χ0) is 23.7. The number of nitrogens with one attached hydrogen (secondary N) is 1. The lowest BCUT2D eigenvalue weighted by Crippen LogP contribution is -2.08. The van der Waals surface area contributed by atoms with Gasteiger partial charge in [0.25, 0.3) is 0 Å². The van der Waals surface area contributed by atoms with E-state index in [0.29, 0.717) is 29.5 Å². The van der Waals surface area contributed by atoms with Gasteiger partial charge >= 0.3 is 0 Å². The van der Waals surface area contributed by atoms with Crippen LogP contribution >= 0.6 is 0 Å². The number of furan rings is 1. The van der Waals surface area contributed by atoms with Gasteiger partial charge in [-0.1, -0.05) is 29.8 Å². The summed E-state index contributed by atoms with van der Waals surface area (Å²) in [5, 5.41) is 3.85. The first kappa shape index (κ1) is 21.6. The van der Waals surface area contributed by atoms with Crippen LogP contribution in [0.5, 0.6) is 17.2 Å². The molecule has 6 heteroatoms. The number of rotatable bonds is 6. The van der Waals surface area contributed by atoms with E-state index < -0.39 is 0 Å². The maximum Gasteiger partial charge on any atom is 0.248 e. The fourth-order valence-corrected chi connectivity index (χ4v) is 4.02. The monoisotopic (exact) mass is 455 g/mol. The fourth-order valence-electron chi connectivity index (χ4n) is 4.02. The molecule has 1 N–H and O–H groups in total. The van der Waals surface area contributed by atoms with Gasteiger partial charge in [-0.05, 0) is 50.1 Å². The summed E-state index contributed by atoms with van der Waals surface area (Å²) in [6.45, 7) is 6.58. The Morgan fingerprint density at radius 3 is 2.65 bits per heavy atom. The van der Waals surface area contributed by atoms with Crippen LogP contribution in [0.2, 0.25) is 0 Å². The van der Waals surface area contributed by atoms with Crippen LogP contribution in [0.1, 0.15) is 25.0 Å². The molecule has 0 fully saturated rings. The topological polar surface area (TPSA) is 69.9 Å². The molecule has 34 heavy (non-hydrogen) atoms. The van der Waals surface area contributed by atoms with Crippen LogP contribution in [0, 0.1) is 6.92 Å². The van der Waals surface area contributed by atoms with Crippen LogP contribution in [-0.2, 0) is 4.79 Å². The Bertz CT molecular complexity index is 1400. The van der Waals surface area contributed by atoms with Gasteiger partial charge in [-0.2, -0.15) is 0 Å². The van der Waals surface area contributed by atoms with Crippen LogP contribution in [0.25, 0.3) is 27.7 Å². The zero-order valence-electron chi connectivity index (χ0n) is 19.3. The summed E-state index contributed by atoms with van der Waals surface area (Å²) in [5.41, 5.74) is 6.25. The van der Waals surface area contributed by atoms with Crippen molar-refractivity contribution in [1.82, 2.24) is 0 Å². The normalized spacial score (nSPS) is 12.7. The largest absolute Gasteiger partial charge is 0.493 e. The van der Waals surface area contributed by atoms with Crippen LogP contribution in [0.4, 0.5) is 5.69 Å². The van der Waals surface area contributed by atoms with Crippen molar-refractivity contribution in [3.05, 3.63) is 78.1 Å². The molecule has 4 aromatic rings. The first-order valence-electron chi connectivity index (χ1n) is 11.2. The van der Waals surface area contributed by atoms with E-state index >= 15 is 0 Å². The summed E-state index contributed by atoms with van der Waals surface area (Å²) >= 11 is 0. The molecule has 5 rings (SSSR count). The number of hydrogen-bond acceptors (Lipinski definition) is 5. The van der Waals surface area contributed by atoms with E-state index in [1.165, 1.54) is 5.56 Å². The highest BCUT2D eigenvalue weighted by molar-refractivity contribution is 6.05. The average Bonchev–Trinajstić information content (AvgIpc) is 3.45. The maximum atomic E-state index is 12.8. The number of allylic oxidation sites excluding steroid dienone is 1. The lowest BCUT2D eigenvalue weighted by molar-refractivity contribution is -0.111. The van der Waals surface area contributed by atoms with E-state index in [0.717, 1.165) is 33.2 Å². The summed E-state index contributed by atoms with van der Waals surface area (Å²) in [4.78, 5) is 12.8. The molecular formula is C28H25NO5. The highest BCUT2D eigenvalue weighted by Gasteiger charge is 2.16. The molecule has 172 valence electrons. The third-order valence-corrected chi connectivity index (χ3v) is 5.75. The molecule has 6 nitrogen and oxygen atoms in total. The Balaban J connectivity index is 1.48. The van der Waals surface area contributed by atoms with Gasteiger partial charge in [0, 0.05) is 40.4 Å². The minimum Gasteiger partial charge on any atom is -0.493 e. The molecule has 0 saturated carbocycles. The van der Waals surface area contributed by atoms with Gasteiger partial charge < -0.3 is 23.9 Å². The lowest BCUT2D eigenvalue weighted by Gasteiger charge is -2.12. The summed E-state index contributed by atoms with van der Waals surface area (Å²) in [6, 6.07) is 17.5. The van der Waals surface area contributed by atoms with Crippen LogP contribution in [0.15, 0.2) is 71.4 Å². The smallest absolute Gasteiger partial charge is 0.248 e. The Kier molecular flexibility index (Phi) is 5.72. The second kappa shape index (κ2) is 8.98. The van der Waals surface area contributed by atoms with E-state index in [1.54, 1.807) is 30.5 Å². The number of aryl methyl sites for hydroxylation is 1. The van der Waals surface area contributed by atoms with Crippen molar-refractivity contribution in [2.24, 2.45) is 0 Å². The molecule has 0 atom stereocenters. The van der Waals surface area contributed by atoms with E-state index in [4.69, 9.17) is 18.6 Å². The Labute approximate surface area is 197 Å². The number of hydrogen-bond donors (Lipinski definition) is 1. The Hall–Kier alpha value is -4.19. The fraction of sp³-hybridized carbons (Fsp3) is 0.179. The lowest BCUT2D eigenvalue weighted by atomic mass is 9.98. The highest BCUT2D eigenvalue weighted by Crippen LogP contribution is 2.38. The summed E-state index contributed by atoms with van der Waals surface area (Å²) < 4.78 is 22.4. The molecule has 0 radical (unpaired) electrons. The van der Waals surface area contributed by atoms with Crippen molar-refractivity contribution in [3.8, 4) is 28.4 Å².